The number of aryl methyl sites for hydroxylation is 1. The fourth-order valence-electron chi connectivity index (χ4n) is 3.57. The maximum atomic E-state index is 12.8. The highest BCUT2D eigenvalue weighted by molar-refractivity contribution is 5.84. The van der Waals surface area contributed by atoms with Crippen molar-refractivity contribution in [2.45, 2.75) is 70.8 Å². The molecule has 2 aromatic rings. The van der Waals surface area contributed by atoms with E-state index in [1.54, 1.807) is 36.4 Å². The summed E-state index contributed by atoms with van der Waals surface area (Å²) in [5.74, 6) is -0.458. The van der Waals surface area contributed by atoms with Gasteiger partial charge < -0.3 is 25.0 Å². The third-order valence-electron chi connectivity index (χ3n) is 5.51. The molecule has 2 rings (SSSR count). The smallest absolute Gasteiger partial charge is 0.508 e. The van der Waals surface area contributed by atoms with E-state index in [-0.39, 0.29) is 30.2 Å². The van der Waals surface area contributed by atoms with Gasteiger partial charge in [-0.2, -0.15) is 0 Å². The maximum absolute atomic E-state index is 12.8. The molecular weight excluding hydrogens is 450 g/mol. The molecule has 0 bridgehead atoms. The zero-order valence-corrected chi connectivity index (χ0v) is 20.2. The van der Waals surface area contributed by atoms with Crippen molar-refractivity contribution in [3.8, 4) is 11.5 Å². The number of nitrogens with one attached hydrogen (secondary N) is 1. The second-order valence-corrected chi connectivity index (χ2v) is 8.44. The Labute approximate surface area is 206 Å². The highest BCUT2D eigenvalue weighted by Gasteiger charge is 2.23. The lowest BCUT2D eigenvalue weighted by Gasteiger charge is -2.18. The van der Waals surface area contributed by atoms with Crippen molar-refractivity contribution >= 4 is 18.0 Å². The molecular formula is C27H35NO7. The Bertz CT molecular complexity index is 926. The topological polar surface area (TPSA) is 122 Å². The number of unbranched alkanes of at least 4 members (excludes halogenated alkanes) is 5. The number of esters is 1. The third-order valence-corrected chi connectivity index (χ3v) is 5.51. The number of carboxylic acid groups (broad SMARTS) is 1. The molecule has 8 heteroatoms. The predicted molar refractivity (Wildman–Crippen MR) is 131 cm³/mol. The van der Waals surface area contributed by atoms with Crippen molar-refractivity contribution < 1.29 is 34.1 Å². The van der Waals surface area contributed by atoms with Crippen LogP contribution in [-0.2, 0) is 27.2 Å². The average molecular weight is 486 g/mol. The van der Waals surface area contributed by atoms with Crippen molar-refractivity contribution in [1.29, 1.82) is 0 Å². The minimum atomic E-state index is -1.41. The number of hydrogen-bond acceptors (Lipinski definition) is 6. The first-order valence-electron chi connectivity index (χ1n) is 12.1. The zero-order valence-electron chi connectivity index (χ0n) is 20.2. The van der Waals surface area contributed by atoms with Gasteiger partial charge in [-0.3, -0.25) is 4.79 Å². The van der Waals surface area contributed by atoms with Crippen LogP contribution in [0, 0.1) is 0 Å². The largest absolute Gasteiger partial charge is 0.511 e. The van der Waals surface area contributed by atoms with Gasteiger partial charge in [0.1, 0.15) is 17.5 Å². The number of aromatic hydroxyl groups is 1. The molecule has 0 saturated carbocycles. The van der Waals surface area contributed by atoms with Crippen LogP contribution >= 0.6 is 0 Å². The van der Waals surface area contributed by atoms with Gasteiger partial charge in [0, 0.05) is 12.8 Å². The Hall–Kier alpha value is -3.55. The maximum Gasteiger partial charge on any atom is 0.511 e. The summed E-state index contributed by atoms with van der Waals surface area (Å²) in [5, 5.41) is 20.9. The van der Waals surface area contributed by atoms with E-state index in [2.05, 4.69) is 17.0 Å². The van der Waals surface area contributed by atoms with Crippen molar-refractivity contribution in [3.05, 3.63) is 59.7 Å². The summed E-state index contributed by atoms with van der Waals surface area (Å²) in [5.41, 5.74) is 1.62. The summed E-state index contributed by atoms with van der Waals surface area (Å²) in [6.45, 7) is 2.46. The van der Waals surface area contributed by atoms with Crippen LogP contribution in [0.25, 0.3) is 0 Å². The molecule has 3 N–H and O–H groups in total. The van der Waals surface area contributed by atoms with Crippen molar-refractivity contribution in [3.63, 3.8) is 0 Å². The summed E-state index contributed by atoms with van der Waals surface area (Å²) in [6.07, 6.45) is 5.85. The molecule has 0 heterocycles. The number of carbonyl (C=O) groups excluding carboxylic acids is 2. The molecule has 1 amide bonds. The van der Waals surface area contributed by atoms with Crippen LogP contribution in [0.3, 0.4) is 0 Å². The lowest BCUT2D eigenvalue weighted by molar-refractivity contribution is -0.148. The first-order valence-corrected chi connectivity index (χ1v) is 12.1. The van der Waals surface area contributed by atoms with Crippen LogP contribution in [-0.4, -0.2) is 40.9 Å². The first-order chi connectivity index (χ1) is 16.9. The fraction of sp³-hybridized carbons (Fsp3) is 0.444. The summed E-state index contributed by atoms with van der Waals surface area (Å²) >= 11 is 0. The van der Waals surface area contributed by atoms with Gasteiger partial charge in [-0.25, -0.2) is 9.59 Å². The lowest BCUT2D eigenvalue weighted by Crippen LogP contribution is -2.43. The summed E-state index contributed by atoms with van der Waals surface area (Å²) < 4.78 is 10.1. The Morgan fingerprint density at radius 3 is 2.17 bits per heavy atom. The molecule has 0 radical (unpaired) electrons. The van der Waals surface area contributed by atoms with E-state index in [0.29, 0.717) is 13.0 Å². The van der Waals surface area contributed by atoms with Gasteiger partial charge in [0.05, 0.1) is 6.61 Å². The van der Waals surface area contributed by atoms with Gasteiger partial charge in [0.15, 0.2) is 0 Å². The summed E-state index contributed by atoms with van der Waals surface area (Å²) in [7, 11) is 0. The van der Waals surface area contributed by atoms with Crippen LogP contribution in [0.1, 0.15) is 63.0 Å². The molecule has 0 unspecified atom stereocenters. The van der Waals surface area contributed by atoms with Gasteiger partial charge in [-0.15, -0.1) is 0 Å². The first kappa shape index (κ1) is 27.7. The predicted octanol–water partition coefficient (Wildman–Crippen LogP) is 5.01. The molecule has 0 aromatic heterocycles. The van der Waals surface area contributed by atoms with Crippen molar-refractivity contribution in [2.24, 2.45) is 0 Å². The zero-order chi connectivity index (χ0) is 25.5. The molecule has 190 valence electrons. The molecule has 0 fully saturated rings. The van der Waals surface area contributed by atoms with E-state index in [0.717, 1.165) is 30.4 Å². The number of phenolic OH excluding ortho intramolecular Hbond substituents is 1. The molecule has 0 spiro atoms. The molecule has 8 nitrogen and oxygen atoms in total. The number of rotatable bonds is 15. The number of amides is 1. The Balaban J connectivity index is 1.93. The van der Waals surface area contributed by atoms with Crippen LogP contribution in [0.2, 0.25) is 0 Å². The van der Waals surface area contributed by atoms with Crippen LogP contribution in [0.5, 0.6) is 11.5 Å². The summed E-state index contributed by atoms with van der Waals surface area (Å²) in [4.78, 5) is 36.0. The molecule has 35 heavy (non-hydrogen) atoms. The SMILES string of the molecule is CCCCCCCCOC(=O)[C@H](Cc1ccc(OC(=O)O)cc1)NC(=O)CCc1ccc(O)cc1. The number of ether oxygens (including phenoxy) is 2. The number of phenols is 1. The van der Waals surface area contributed by atoms with Gasteiger partial charge in [-0.1, -0.05) is 63.3 Å². The highest BCUT2D eigenvalue weighted by Crippen LogP contribution is 2.15. The monoisotopic (exact) mass is 485 g/mol. The minimum Gasteiger partial charge on any atom is -0.508 e. The van der Waals surface area contributed by atoms with Crippen LogP contribution in [0.4, 0.5) is 4.79 Å². The van der Waals surface area contributed by atoms with E-state index >= 15 is 0 Å². The van der Waals surface area contributed by atoms with E-state index in [1.807, 2.05) is 0 Å². The Kier molecular flexibility index (Phi) is 12.2. The second kappa shape index (κ2) is 15.4. The van der Waals surface area contributed by atoms with Gasteiger partial charge in [0.25, 0.3) is 0 Å². The van der Waals surface area contributed by atoms with Gasteiger partial charge >= 0.3 is 12.1 Å². The van der Waals surface area contributed by atoms with Gasteiger partial charge in [0.2, 0.25) is 5.91 Å². The van der Waals surface area contributed by atoms with Gasteiger partial charge in [-0.05, 0) is 48.2 Å². The Morgan fingerprint density at radius 1 is 0.886 bits per heavy atom. The van der Waals surface area contributed by atoms with Crippen LogP contribution in [0.15, 0.2) is 48.5 Å². The molecule has 0 saturated heterocycles. The molecule has 0 aliphatic rings. The number of benzene rings is 2. The number of carbonyl (C=O) groups is 3. The molecule has 0 aliphatic heterocycles. The van der Waals surface area contributed by atoms with E-state index in [4.69, 9.17) is 9.84 Å². The molecule has 1 atom stereocenters. The Morgan fingerprint density at radius 2 is 1.51 bits per heavy atom. The number of hydrogen-bond donors (Lipinski definition) is 3. The van der Waals surface area contributed by atoms with Crippen molar-refractivity contribution in [1.82, 2.24) is 5.32 Å². The second-order valence-electron chi connectivity index (χ2n) is 8.44. The van der Waals surface area contributed by atoms with E-state index < -0.39 is 18.2 Å². The standard InChI is InChI=1S/C27H35NO7/c1-2-3-4-5-6-7-18-34-26(31)24(19-21-10-15-23(16-11-21)35-27(32)33)28-25(30)17-12-20-8-13-22(29)14-9-20/h8-11,13-16,24,29H,2-7,12,17-19H2,1H3,(H,28,30)(H,32,33)/t24-/m0/s1. The molecule has 0 aliphatic carbocycles. The van der Waals surface area contributed by atoms with Crippen LogP contribution < -0.4 is 10.1 Å². The fourth-order valence-corrected chi connectivity index (χ4v) is 3.57. The van der Waals surface area contributed by atoms with E-state index in [1.165, 1.54) is 31.4 Å². The quantitative estimate of drug-likeness (QED) is 0.184. The summed E-state index contributed by atoms with van der Waals surface area (Å²) in [6, 6.07) is 12.0. The minimum absolute atomic E-state index is 0.158. The average Bonchev–Trinajstić information content (AvgIpc) is 2.83. The van der Waals surface area contributed by atoms with Crippen molar-refractivity contribution in [2.75, 3.05) is 6.61 Å². The normalized spacial score (nSPS) is 11.5. The third kappa shape index (κ3) is 11.4. The lowest BCUT2D eigenvalue weighted by atomic mass is 10.0. The highest BCUT2D eigenvalue weighted by atomic mass is 16.7. The molecule has 2 aromatic carbocycles. The van der Waals surface area contributed by atoms with E-state index in [9.17, 15) is 19.5 Å².